The maximum absolute atomic E-state index is 14.0. The van der Waals surface area contributed by atoms with Crippen LogP contribution in [0, 0.1) is 6.92 Å². The first-order valence-electron chi connectivity index (χ1n) is 13.6. The van der Waals surface area contributed by atoms with Crippen LogP contribution in [0.4, 0.5) is 62.8 Å². The van der Waals surface area contributed by atoms with Gasteiger partial charge in [-0.05, 0) is 55.3 Å². The van der Waals surface area contributed by atoms with Crippen LogP contribution in [0.1, 0.15) is 39.6 Å². The number of alkyl halides is 9. The van der Waals surface area contributed by atoms with Crippen molar-refractivity contribution < 1.29 is 49.4 Å². The van der Waals surface area contributed by atoms with Gasteiger partial charge in [0.1, 0.15) is 11.6 Å². The van der Waals surface area contributed by atoms with Crippen LogP contribution in [0.25, 0.3) is 0 Å². The van der Waals surface area contributed by atoms with Gasteiger partial charge in [-0.2, -0.15) is 44.5 Å². The summed E-state index contributed by atoms with van der Waals surface area (Å²) in [5.41, 5.74) is 7.56. The largest absolute Gasteiger partial charge is 0.490 e. The number of benzene rings is 2. The summed E-state index contributed by atoms with van der Waals surface area (Å²) in [5.74, 6) is -2.75. The summed E-state index contributed by atoms with van der Waals surface area (Å²) in [6, 6.07) is 13.6. The molecule has 0 bridgehead atoms. The highest BCUT2D eigenvalue weighted by atomic mass is 19.4. The molecule has 2 aromatic heterocycles. The van der Waals surface area contributed by atoms with Crippen molar-refractivity contribution in [3.05, 3.63) is 100 Å². The number of carbonyl (C=O) groups is 1. The number of anilines is 4. The van der Waals surface area contributed by atoms with E-state index in [2.05, 4.69) is 20.3 Å². The highest BCUT2D eigenvalue weighted by Crippen LogP contribution is 2.41. The second-order valence-corrected chi connectivity index (χ2v) is 10.3. The summed E-state index contributed by atoms with van der Waals surface area (Å²) >= 11 is 0. The Morgan fingerprint density at radius 3 is 2.17 bits per heavy atom. The van der Waals surface area contributed by atoms with Crippen molar-refractivity contribution in [1.82, 2.24) is 15.0 Å². The molecule has 4 aromatic rings. The van der Waals surface area contributed by atoms with Crippen molar-refractivity contribution in [2.45, 2.75) is 44.3 Å². The number of aryl methyl sites for hydroxylation is 1. The zero-order chi connectivity index (χ0) is 34.7. The van der Waals surface area contributed by atoms with Crippen molar-refractivity contribution >= 4 is 29.2 Å². The Balaban J connectivity index is 0.000000644. The van der Waals surface area contributed by atoms with Gasteiger partial charge in [-0.15, -0.1) is 0 Å². The molecule has 1 atom stereocenters. The minimum absolute atomic E-state index is 0.0709. The SMILES string of the molecule is Cc1cccc(C2Cc3nc(N)nc(Nc4ccc(C(F)(F)F)cc4)c3CCN2c2ncccc2C(F)(F)F)c1.O=C(O)C(F)(F)F. The van der Waals surface area contributed by atoms with E-state index in [0.717, 1.165) is 29.3 Å². The van der Waals surface area contributed by atoms with E-state index in [1.165, 1.54) is 24.4 Å². The van der Waals surface area contributed by atoms with Crippen LogP contribution in [-0.4, -0.2) is 38.7 Å². The number of carboxylic acid groups (broad SMARTS) is 1. The van der Waals surface area contributed by atoms with Crippen molar-refractivity contribution in [3.63, 3.8) is 0 Å². The number of aliphatic carboxylic acids is 1. The minimum atomic E-state index is -5.08. The van der Waals surface area contributed by atoms with E-state index >= 15 is 0 Å². The van der Waals surface area contributed by atoms with Gasteiger partial charge in [0.25, 0.3) is 0 Å². The molecule has 47 heavy (non-hydrogen) atoms. The molecule has 17 heteroatoms. The maximum atomic E-state index is 14.0. The highest BCUT2D eigenvalue weighted by Gasteiger charge is 2.39. The van der Waals surface area contributed by atoms with Crippen molar-refractivity contribution in [2.24, 2.45) is 0 Å². The predicted octanol–water partition coefficient (Wildman–Crippen LogP) is 7.52. The Morgan fingerprint density at radius 1 is 0.936 bits per heavy atom. The zero-order valence-corrected chi connectivity index (χ0v) is 24.2. The molecule has 1 aliphatic rings. The quantitative estimate of drug-likeness (QED) is 0.191. The number of hydrogen-bond donors (Lipinski definition) is 3. The third-order valence-corrected chi connectivity index (χ3v) is 6.98. The fourth-order valence-corrected chi connectivity index (χ4v) is 4.92. The summed E-state index contributed by atoms with van der Waals surface area (Å²) in [6.07, 6.45) is -12.4. The number of hydrogen-bond acceptors (Lipinski definition) is 7. The third-order valence-electron chi connectivity index (χ3n) is 6.98. The lowest BCUT2D eigenvalue weighted by Gasteiger charge is -2.33. The molecule has 4 N–H and O–H groups in total. The molecular formula is C30H25F9N6O2. The fourth-order valence-electron chi connectivity index (χ4n) is 4.92. The molecule has 0 saturated heterocycles. The molecule has 1 aliphatic heterocycles. The summed E-state index contributed by atoms with van der Waals surface area (Å²) in [5, 5.41) is 10.1. The number of fused-ring (bicyclic) bond motifs is 1. The van der Waals surface area contributed by atoms with Gasteiger partial charge in [-0.3, -0.25) is 0 Å². The number of nitrogens with one attached hydrogen (secondary N) is 1. The molecule has 8 nitrogen and oxygen atoms in total. The molecule has 0 saturated carbocycles. The Kier molecular flexibility index (Phi) is 9.87. The lowest BCUT2D eigenvalue weighted by Crippen LogP contribution is -2.33. The van der Waals surface area contributed by atoms with Crippen LogP contribution in [0.2, 0.25) is 0 Å². The van der Waals surface area contributed by atoms with Crippen LogP contribution in [0.3, 0.4) is 0 Å². The fraction of sp³-hybridized carbons (Fsp3) is 0.267. The second-order valence-electron chi connectivity index (χ2n) is 10.3. The van der Waals surface area contributed by atoms with Crippen LogP contribution >= 0.6 is 0 Å². The van der Waals surface area contributed by atoms with Gasteiger partial charge < -0.3 is 21.1 Å². The standard InChI is InChI=1S/C28H24F6N6.C2HF3O2/c1-16-4-2-5-17(14-16)23-15-22-20(11-13-40(23)25-21(28(32,33)34)6-3-12-36-25)24(39-26(35)38-22)37-19-9-7-18(8-10-19)27(29,30)31;3-2(4,5)1(6)7/h2-10,12,14,23H,11,13,15H2,1H3,(H3,35,37,38,39);(H,6,7). The Morgan fingerprint density at radius 2 is 1.60 bits per heavy atom. The topological polar surface area (TPSA) is 117 Å². The first kappa shape index (κ1) is 34.8. The van der Waals surface area contributed by atoms with Gasteiger partial charge in [-0.25, -0.2) is 14.8 Å². The highest BCUT2D eigenvalue weighted by molar-refractivity contribution is 5.73. The molecule has 0 spiro atoms. The van der Waals surface area contributed by atoms with Gasteiger partial charge in [-0.1, -0.05) is 29.8 Å². The first-order chi connectivity index (χ1) is 21.8. The van der Waals surface area contributed by atoms with Crippen molar-refractivity contribution in [2.75, 3.05) is 22.5 Å². The normalized spacial score (nSPS) is 15.2. The lowest BCUT2D eigenvalue weighted by atomic mass is 9.97. The number of pyridine rings is 1. The molecule has 3 heterocycles. The van der Waals surface area contributed by atoms with Gasteiger partial charge >= 0.3 is 24.5 Å². The summed E-state index contributed by atoms with van der Waals surface area (Å²) in [7, 11) is 0. The number of halogens is 9. The van der Waals surface area contributed by atoms with Crippen LogP contribution in [0.15, 0.2) is 66.9 Å². The average Bonchev–Trinajstić information content (AvgIpc) is 3.16. The van der Waals surface area contributed by atoms with Crippen LogP contribution in [0.5, 0.6) is 0 Å². The summed E-state index contributed by atoms with van der Waals surface area (Å²) in [6.45, 7) is 2.04. The van der Waals surface area contributed by atoms with Gasteiger partial charge in [0.15, 0.2) is 0 Å². The monoisotopic (exact) mass is 672 g/mol. The van der Waals surface area contributed by atoms with Crippen LogP contribution in [-0.2, 0) is 30.0 Å². The first-order valence-corrected chi connectivity index (χ1v) is 13.6. The average molecular weight is 673 g/mol. The smallest absolute Gasteiger partial charge is 0.475 e. The van der Waals surface area contributed by atoms with E-state index in [1.807, 2.05) is 31.2 Å². The van der Waals surface area contributed by atoms with Gasteiger partial charge in [0.2, 0.25) is 5.95 Å². The predicted molar refractivity (Wildman–Crippen MR) is 153 cm³/mol. The molecule has 2 aromatic carbocycles. The van der Waals surface area contributed by atoms with Gasteiger partial charge in [0, 0.05) is 30.4 Å². The minimum Gasteiger partial charge on any atom is -0.475 e. The molecule has 1 unspecified atom stereocenters. The van der Waals surface area contributed by atoms with Crippen molar-refractivity contribution in [3.8, 4) is 0 Å². The van der Waals surface area contributed by atoms with E-state index in [-0.39, 0.29) is 37.0 Å². The summed E-state index contributed by atoms with van der Waals surface area (Å²) < 4.78 is 113. The number of nitrogens with two attached hydrogens (primary N) is 1. The number of carboxylic acids is 1. The van der Waals surface area contributed by atoms with Crippen LogP contribution < -0.4 is 16.0 Å². The summed E-state index contributed by atoms with van der Waals surface area (Å²) in [4.78, 5) is 23.4. The van der Waals surface area contributed by atoms with Crippen molar-refractivity contribution in [1.29, 1.82) is 0 Å². The van der Waals surface area contributed by atoms with E-state index in [4.69, 9.17) is 15.6 Å². The van der Waals surface area contributed by atoms with E-state index in [0.29, 0.717) is 16.9 Å². The number of aromatic nitrogens is 3. The second kappa shape index (κ2) is 13.3. The number of rotatable bonds is 4. The Hall–Kier alpha value is -5.09. The van der Waals surface area contributed by atoms with E-state index in [1.54, 1.807) is 4.90 Å². The molecule has 0 fully saturated rings. The molecule has 250 valence electrons. The van der Waals surface area contributed by atoms with E-state index in [9.17, 15) is 39.5 Å². The molecule has 0 amide bonds. The maximum Gasteiger partial charge on any atom is 0.490 e. The zero-order valence-electron chi connectivity index (χ0n) is 24.2. The molecule has 0 radical (unpaired) electrons. The molecule has 0 aliphatic carbocycles. The lowest BCUT2D eigenvalue weighted by molar-refractivity contribution is -0.192. The molecule has 5 rings (SSSR count). The Bertz CT molecular complexity index is 1730. The van der Waals surface area contributed by atoms with Gasteiger partial charge in [0.05, 0.1) is 22.9 Å². The molecular weight excluding hydrogens is 647 g/mol. The Labute approximate surface area is 261 Å². The van der Waals surface area contributed by atoms with E-state index < -0.39 is 41.7 Å². The number of nitrogens with zero attached hydrogens (tertiary/aromatic N) is 4. The number of nitrogen functional groups attached to an aromatic ring is 1. The third kappa shape index (κ3) is 8.59.